The molecular weight excluding hydrogens is 140 g/mol. The lowest BCUT2D eigenvalue weighted by molar-refractivity contribution is -0.184. The summed E-state index contributed by atoms with van der Waals surface area (Å²) in [6.45, 7) is 4.25. The minimum atomic E-state index is -0.137. The Morgan fingerprint density at radius 1 is 1.45 bits per heavy atom. The second-order valence-corrected chi connectivity index (χ2v) is 3.42. The van der Waals surface area contributed by atoms with Crippen LogP contribution in [0.2, 0.25) is 0 Å². The summed E-state index contributed by atoms with van der Waals surface area (Å²) in [7, 11) is 1.73. The highest BCUT2D eigenvalue weighted by Crippen LogP contribution is 2.48. The number of hydrogen-bond acceptors (Lipinski definition) is 2. The average molecular weight is 158 g/mol. The normalized spacial score (nSPS) is 34.9. The molecule has 0 aromatic rings. The van der Waals surface area contributed by atoms with Crippen LogP contribution in [-0.4, -0.2) is 24.4 Å². The third-order valence-corrected chi connectivity index (χ3v) is 3.34. The molecule has 0 spiro atoms. The summed E-state index contributed by atoms with van der Waals surface area (Å²) in [5, 5.41) is 9.58. The highest BCUT2D eigenvalue weighted by atomic mass is 16.5. The van der Waals surface area contributed by atoms with Crippen molar-refractivity contribution >= 4 is 0 Å². The van der Waals surface area contributed by atoms with Gasteiger partial charge in [0.05, 0.1) is 12.2 Å². The average Bonchev–Trinajstić information content (AvgIpc) is 2.02. The van der Waals surface area contributed by atoms with Gasteiger partial charge in [0.25, 0.3) is 0 Å². The van der Waals surface area contributed by atoms with Crippen molar-refractivity contribution in [2.75, 3.05) is 7.11 Å². The molecule has 0 bridgehead atoms. The van der Waals surface area contributed by atoms with Crippen LogP contribution in [0.5, 0.6) is 0 Å². The number of hydrogen-bond donors (Lipinski definition) is 1. The second kappa shape index (κ2) is 3.11. The van der Waals surface area contributed by atoms with E-state index in [1.165, 1.54) is 0 Å². The van der Waals surface area contributed by atoms with Crippen molar-refractivity contribution in [1.82, 2.24) is 0 Å². The van der Waals surface area contributed by atoms with Crippen molar-refractivity contribution in [3.8, 4) is 0 Å². The van der Waals surface area contributed by atoms with Gasteiger partial charge in [-0.15, -0.1) is 0 Å². The summed E-state index contributed by atoms with van der Waals surface area (Å²) in [6, 6.07) is 0. The van der Waals surface area contributed by atoms with Gasteiger partial charge in [0.15, 0.2) is 0 Å². The number of rotatable bonds is 3. The van der Waals surface area contributed by atoms with E-state index in [4.69, 9.17) is 4.74 Å². The van der Waals surface area contributed by atoms with Crippen LogP contribution in [0.4, 0.5) is 0 Å². The molecule has 1 aliphatic rings. The van der Waals surface area contributed by atoms with Crippen LogP contribution in [0.15, 0.2) is 0 Å². The molecule has 0 unspecified atom stereocenters. The number of aliphatic hydroxyl groups excluding tert-OH is 1. The molecule has 0 amide bonds. The lowest BCUT2D eigenvalue weighted by Gasteiger charge is -2.52. The first-order valence-corrected chi connectivity index (χ1v) is 4.42. The summed E-state index contributed by atoms with van der Waals surface area (Å²) in [4.78, 5) is 0. The molecule has 1 aliphatic carbocycles. The minimum absolute atomic E-state index is 0.0642. The first kappa shape index (κ1) is 9.01. The van der Waals surface area contributed by atoms with E-state index >= 15 is 0 Å². The Kier molecular flexibility index (Phi) is 2.55. The molecule has 66 valence electrons. The van der Waals surface area contributed by atoms with Crippen molar-refractivity contribution < 1.29 is 9.84 Å². The van der Waals surface area contributed by atoms with Gasteiger partial charge in [-0.05, 0) is 12.8 Å². The van der Waals surface area contributed by atoms with E-state index < -0.39 is 0 Å². The fourth-order valence-corrected chi connectivity index (χ4v) is 2.23. The Morgan fingerprint density at radius 2 is 2.00 bits per heavy atom. The largest absolute Gasteiger partial charge is 0.392 e. The maximum absolute atomic E-state index is 9.58. The lowest BCUT2D eigenvalue weighted by Crippen LogP contribution is -2.57. The van der Waals surface area contributed by atoms with E-state index in [1.807, 2.05) is 0 Å². The van der Waals surface area contributed by atoms with Gasteiger partial charge < -0.3 is 9.84 Å². The standard InChI is InChI=1S/C9H18O2/c1-4-9(5-2)7(10)6-8(9)11-3/h7-8,10H,4-6H2,1-3H3/t7-,8+/m1/s1. The molecule has 11 heavy (non-hydrogen) atoms. The zero-order valence-corrected chi connectivity index (χ0v) is 7.63. The molecule has 0 radical (unpaired) electrons. The molecule has 1 rings (SSSR count). The molecule has 0 aliphatic heterocycles. The molecular formula is C9H18O2. The maximum Gasteiger partial charge on any atom is 0.0676 e. The van der Waals surface area contributed by atoms with Crippen molar-refractivity contribution in [1.29, 1.82) is 0 Å². The predicted octanol–water partition coefficient (Wildman–Crippen LogP) is 1.57. The molecule has 0 aromatic carbocycles. The van der Waals surface area contributed by atoms with Crippen LogP contribution >= 0.6 is 0 Å². The molecule has 2 heteroatoms. The molecule has 1 N–H and O–H groups in total. The van der Waals surface area contributed by atoms with Gasteiger partial charge in [-0.1, -0.05) is 13.8 Å². The van der Waals surface area contributed by atoms with Crippen LogP contribution in [0.3, 0.4) is 0 Å². The number of ether oxygens (including phenoxy) is 1. The van der Waals surface area contributed by atoms with Crippen LogP contribution < -0.4 is 0 Å². The topological polar surface area (TPSA) is 29.5 Å². The zero-order valence-electron chi connectivity index (χ0n) is 7.63. The Hall–Kier alpha value is -0.0800. The smallest absolute Gasteiger partial charge is 0.0676 e. The van der Waals surface area contributed by atoms with E-state index in [0.29, 0.717) is 0 Å². The van der Waals surface area contributed by atoms with Gasteiger partial charge >= 0.3 is 0 Å². The van der Waals surface area contributed by atoms with Crippen molar-refractivity contribution in [2.45, 2.75) is 45.3 Å². The van der Waals surface area contributed by atoms with Gasteiger partial charge in [0, 0.05) is 18.9 Å². The van der Waals surface area contributed by atoms with Gasteiger partial charge in [-0.2, -0.15) is 0 Å². The minimum Gasteiger partial charge on any atom is -0.392 e. The van der Waals surface area contributed by atoms with E-state index in [1.54, 1.807) is 7.11 Å². The number of methoxy groups -OCH3 is 1. The third kappa shape index (κ3) is 1.09. The van der Waals surface area contributed by atoms with Crippen molar-refractivity contribution in [3.05, 3.63) is 0 Å². The quantitative estimate of drug-likeness (QED) is 0.675. The Morgan fingerprint density at radius 3 is 2.18 bits per heavy atom. The maximum atomic E-state index is 9.58. The summed E-state index contributed by atoms with van der Waals surface area (Å²) < 4.78 is 5.29. The summed E-state index contributed by atoms with van der Waals surface area (Å²) in [5.74, 6) is 0. The van der Waals surface area contributed by atoms with Gasteiger partial charge in [0.2, 0.25) is 0 Å². The molecule has 0 saturated heterocycles. The second-order valence-electron chi connectivity index (χ2n) is 3.42. The molecule has 1 saturated carbocycles. The van der Waals surface area contributed by atoms with Crippen molar-refractivity contribution in [2.24, 2.45) is 5.41 Å². The fraction of sp³-hybridized carbons (Fsp3) is 1.00. The Balaban J connectivity index is 2.62. The van der Waals surface area contributed by atoms with E-state index in [9.17, 15) is 5.11 Å². The van der Waals surface area contributed by atoms with Crippen LogP contribution in [0.1, 0.15) is 33.1 Å². The fourth-order valence-electron chi connectivity index (χ4n) is 2.23. The van der Waals surface area contributed by atoms with E-state index in [2.05, 4.69) is 13.8 Å². The first-order chi connectivity index (χ1) is 5.21. The van der Waals surface area contributed by atoms with Crippen LogP contribution in [0.25, 0.3) is 0 Å². The van der Waals surface area contributed by atoms with Crippen LogP contribution in [0, 0.1) is 5.41 Å². The van der Waals surface area contributed by atoms with Gasteiger partial charge in [0.1, 0.15) is 0 Å². The van der Waals surface area contributed by atoms with Gasteiger partial charge in [-0.3, -0.25) is 0 Å². The summed E-state index contributed by atoms with van der Waals surface area (Å²) in [5.41, 5.74) is 0.0642. The highest BCUT2D eigenvalue weighted by Gasteiger charge is 2.52. The van der Waals surface area contributed by atoms with Crippen molar-refractivity contribution in [3.63, 3.8) is 0 Å². The molecule has 1 fully saturated rings. The molecule has 0 aromatic heterocycles. The monoisotopic (exact) mass is 158 g/mol. The van der Waals surface area contributed by atoms with E-state index in [-0.39, 0.29) is 17.6 Å². The SMILES string of the molecule is CCC1(CC)[C@H](O)C[C@@H]1OC. The first-order valence-electron chi connectivity index (χ1n) is 4.42. The Labute approximate surface area is 68.6 Å². The van der Waals surface area contributed by atoms with E-state index in [0.717, 1.165) is 19.3 Å². The summed E-state index contributed by atoms with van der Waals surface area (Å²) in [6.07, 6.45) is 3.00. The molecule has 0 heterocycles. The predicted molar refractivity (Wildman–Crippen MR) is 44.4 cm³/mol. The van der Waals surface area contributed by atoms with Gasteiger partial charge in [-0.25, -0.2) is 0 Å². The van der Waals surface area contributed by atoms with Crippen LogP contribution in [-0.2, 0) is 4.74 Å². The highest BCUT2D eigenvalue weighted by molar-refractivity contribution is 5.02. The lowest BCUT2D eigenvalue weighted by atomic mass is 9.60. The molecule has 2 atom stereocenters. The Bertz CT molecular complexity index is 130. The third-order valence-electron chi connectivity index (χ3n) is 3.34. The zero-order chi connectivity index (χ0) is 8.48. The summed E-state index contributed by atoms with van der Waals surface area (Å²) >= 11 is 0. The molecule has 2 nitrogen and oxygen atoms in total. The number of aliphatic hydroxyl groups is 1.